The van der Waals surface area contributed by atoms with Crippen LogP contribution in [0.4, 0.5) is 0 Å². The number of hydrogen-bond donors (Lipinski definition) is 2. The molecule has 0 aromatic heterocycles. The first-order valence-electron chi connectivity index (χ1n) is 2.19. The summed E-state index contributed by atoms with van der Waals surface area (Å²) in [7, 11) is 0. The van der Waals surface area contributed by atoms with Gasteiger partial charge in [0.25, 0.3) is 0 Å². The van der Waals surface area contributed by atoms with Crippen LogP contribution in [0.5, 0.6) is 0 Å². The molecule has 0 aromatic rings. The lowest BCUT2D eigenvalue weighted by atomic mass is 10.6. The zero-order chi connectivity index (χ0) is 5.11. The lowest BCUT2D eigenvalue weighted by Crippen LogP contribution is -2.18. The van der Waals surface area contributed by atoms with Crippen molar-refractivity contribution in [3.05, 3.63) is 12.7 Å². The maximum absolute atomic E-state index is 4.60. The van der Waals surface area contributed by atoms with Crippen LogP contribution in [0.3, 0.4) is 0 Å². The van der Waals surface area contributed by atoms with Crippen molar-refractivity contribution in [2.45, 2.75) is 6.35 Å². The molecule has 3 heteroatoms. The Bertz CT molecular complexity index is 70.1. The van der Waals surface area contributed by atoms with Crippen LogP contribution < -0.4 is 10.8 Å². The standard InChI is InChI=1S/C4H8N2O/c1-2-3-5-4-6-7-4/h2,4-6H,1,3H2. The van der Waals surface area contributed by atoms with E-state index in [0.717, 1.165) is 6.54 Å². The molecule has 1 fully saturated rings. The van der Waals surface area contributed by atoms with Crippen LogP contribution in [-0.4, -0.2) is 12.9 Å². The maximum atomic E-state index is 4.60. The summed E-state index contributed by atoms with van der Waals surface area (Å²) in [5, 5.41) is 2.95. The van der Waals surface area contributed by atoms with E-state index in [1.807, 2.05) is 0 Å². The predicted octanol–water partition coefficient (Wildman–Crippen LogP) is -0.420. The minimum Gasteiger partial charge on any atom is -0.273 e. The van der Waals surface area contributed by atoms with Gasteiger partial charge in [0.05, 0.1) is 0 Å². The Morgan fingerprint density at radius 1 is 2.00 bits per heavy atom. The maximum Gasteiger partial charge on any atom is 0.205 e. The van der Waals surface area contributed by atoms with Gasteiger partial charge in [-0.1, -0.05) is 6.08 Å². The molecule has 0 bridgehead atoms. The summed E-state index contributed by atoms with van der Waals surface area (Å²) in [5.74, 6) is 0. The quantitative estimate of drug-likeness (QED) is 0.374. The fraction of sp³-hybridized carbons (Fsp3) is 0.500. The van der Waals surface area contributed by atoms with Gasteiger partial charge in [0, 0.05) is 6.54 Å². The fourth-order valence-corrected chi connectivity index (χ4v) is 0.308. The average Bonchev–Trinajstić information content (AvgIpc) is 2.42. The molecule has 1 rings (SSSR count). The van der Waals surface area contributed by atoms with Gasteiger partial charge in [-0.2, -0.15) is 5.48 Å². The molecule has 1 unspecified atom stereocenters. The van der Waals surface area contributed by atoms with E-state index >= 15 is 0 Å². The molecule has 0 saturated carbocycles. The first kappa shape index (κ1) is 4.77. The largest absolute Gasteiger partial charge is 0.273 e. The van der Waals surface area contributed by atoms with E-state index in [2.05, 4.69) is 22.2 Å². The molecular weight excluding hydrogens is 92.1 g/mol. The first-order valence-corrected chi connectivity index (χ1v) is 2.19. The monoisotopic (exact) mass is 100 g/mol. The Labute approximate surface area is 42.3 Å². The van der Waals surface area contributed by atoms with Gasteiger partial charge in [0.1, 0.15) is 0 Å². The van der Waals surface area contributed by atoms with Crippen LogP contribution in [0.15, 0.2) is 12.7 Å². The Hall–Kier alpha value is -0.380. The van der Waals surface area contributed by atoms with E-state index in [1.165, 1.54) is 0 Å². The van der Waals surface area contributed by atoms with Crippen molar-refractivity contribution in [2.24, 2.45) is 0 Å². The highest BCUT2D eigenvalue weighted by Gasteiger charge is 2.18. The van der Waals surface area contributed by atoms with Gasteiger partial charge in [-0.3, -0.25) is 10.2 Å². The molecule has 3 nitrogen and oxygen atoms in total. The molecule has 2 N–H and O–H groups in total. The predicted molar refractivity (Wildman–Crippen MR) is 26.2 cm³/mol. The molecule has 7 heavy (non-hydrogen) atoms. The van der Waals surface area contributed by atoms with Crippen molar-refractivity contribution in [2.75, 3.05) is 6.54 Å². The van der Waals surface area contributed by atoms with E-state index in [1.54, 1.807) is 6.08 Å². The number of rotatable bonds is 3. The second-order valence-electron chi connectivity index (χ2n) is 1.31. The highest BCUT2D eigenvalue weighted by atomic mass is 16.8. The van der Waals surface area contributed by atoms with E-state index in [-0.39, 0.29) is 6.35 Å². The van der Waals surface area contributed by atoms with Crippen LogP contribution in [0.25, 0.3) is 0 Å². The first-order chi connectivity index (χ1) is 3.43. The van der Waals surface area contributed by atoms with Gasteiger partial charge < -0.3 is 0 Å². The van der Waals surface area contributed by atoms with Crippen LogP contribution in [0.2, 0.25) is 0 Å². The van der Waals surface area contributed by atoms with Gasteiger partial charge >= 0.3 is 0 Å². The summed E-state index contributed by atoms with van der Waals surface area (Å²) in [6.45, 7) is 4.30. The third-order valence-corrected chi connectivity index (χ3v) is 0.683. The molecule has 0 aromatic carbocycles. The lowest BCUT2D eigenvalue weighted by molar-refractivity contribution is 0.349. The molecule has 0 spiro atoms. The third kappa shape index (κ3) is 1.68. The van der Waals surface area contributed by atoms with Crippen molar-refractivity contribution >= 4 is 0 Å². The summed E-state index contributed by atoms with van der Waals surface area (Å²) in [4.78, 5) is 4.60. The number of hydroxylamine groups is 1. The minimum atomic E-state index is 0.0815. The molecule has 1 heterocycles. The van der Waals surface area contributed by atoms with Crippen LogP contribution in [0.1, 0.15) is 0 Å². The van der Waals surface area contributed by atoms with Gasteiger partial charge in [-0.15, -0.1) is 6.58 Å². The Kier molecular flexibility index (Phi) is 1.41. The SMILES string of the molecule is C=CCNC1NO1. The second-order valence-corrected chi connectivity index (χ2v) is 1.31. The Morgan fingerprint density at radius 3 is 3.14 bits per heavy atom. The highest BCUT2D eigenvalue weighted by molar-refractivity contribution is 4.71. The van der Waals surface area contributed by atoms with Crippen molar-refractivity contribution in [3.8, 4) is 0 Å². The summed E-state index contributed by atoms with van der Waals surface area (Å²) in [6, 6.07) is 0. The molecular formula is C4H8N2O. The number of nitrogens with one attached hydrogen (secondary N) is 2. The minimum absolute atomic E-state index is 0.0815. The van der Waals surface area contributed by atoms with Crippen LogP contribution in [-0.2, 0) is 4.84 Å². The van der Waals surface area contributed by atoms with Crippen LogP contribution in [0, 0.1) is 0 Å². The molecule has 1 saturated heterocycles. The molecule has 1 atom stereocenters. The third-order valence-electron chi connectivity index (χ3n) is 0.683. The molecule has 40 valence electrons. The van der Waals surface area contributed by atoms with Crippen molar-refractivity contribution < 1.29 is 4.84 Å². The van der Waals surface area contributed by atoms with Crippen molar-refractivity contribution in [3.63, 3.8) is 0 Å². The van der Waals surface area contributed by atoms with Crippen molar-refractivity contribution in [1.29, 1.82) is 0 Å². The second kappa shape index (κ2) is 2.07. The van der Waals surface area contributed by atoms with Gasteiger partial charge in [0.15, 0.2) is 0 Å². The topological polar surface area (TPSA) is 46.5 Å². The van der Waals surface area contributed by atoms with E-state index in [4.69, 9.17) is 0 Å². The highest BCUT2D eigenvalue weighted by Crippen LogP contribution is 1.91. The van der Waals surface area contributed by atoms with Crippen molar-refractivity contribution in [1.82, 2.24) is 10.8 Å². The average molecular weight is 100 g/mol. The van der Waals surface area contributed by atoms with E-state index in [0.29, 0.717) is 0 Å². The summed E-state index contributed by atoms with van der Waals surface area (Å²) in [6.07, 6.45) is 1.86. The van der Waals surface area contributed by atoms with Gasteiger partial charge in [-0.05, 0) is 0 Å². The molecule has 1 aliphatic rings. The normalized spacial score (nSPS) is 27.1. The van der Waals surface area contributed by atoms with E-state index < -0.39 is 0 Å². The van der Waals surface area contributed by atoms with Gasteiger partial charge in [0.2, 0.25) is 6.35 Å². The molecule has 0 aliphatic carbocycles. The Morgan fingerprint density at radius 2 is 2.71 bits per heavy atom. The molecule has 0 amide bonds. The molecule has 1 aliphatic heterocycles. The number of hydrogen-bond acceptors (Lipinski definition) is 3. The van der Waals surface area contributed by atoms with E-state index in [9.17, 15) is 0 Å². The van der Waals surface area contributed by atoms with Gasteiger partial charge in [-0.25, -0.2) is 0 Å². The fourth-order valence-electron chi connectivity index (χ4n) is 0.308. The zero-order valence-corrected chi connectivity index (χ0v) is 3.98. The summed E-state index contributed by atoms with van der Waals surface area (Å²) in [5.41, 5.74) is 2.61. The zero-order valence-electron chi connectivity index (χ0n) is 3.98. The molecule has 0 radical (unpaired) electrons. The van der Waals surface area contributed by atoms with Crippen LogP contribution >= 0.6 is 0 Å². The lowest BCUT2D eigenvalue weighted by Gasteiger charge is -1.86. The summed E-state index contributed by atoms with van der Waals surface area (Å²) >= 11 is 0. The summed E-state index contributed by atoms with van der Waals surface area (Å²) < 4.78 is 0. The Balaban J connectivity index is 1.88. The smallest absolute Gasteiger partial charge is 0.205 e.